The van der Waals surface area contributed by atoms with Gasteiger partial charge in [0, 0.05) is 17.8 Å². The van der Waals surface area contributed by atoms with Gasteiger partial charge < -0.3 is 0 Å². The summed E-state index contributed by atoms with van der Waals surface area (Å²) in [7, 11) is 0. The van der Waals surface area contributed by atoms with Gasteiger partial charge in [-0.25, -0.2) is 0 Å². The van der Waals surface area contributed by atoms with Crippen molar-refractivity contribution >= 4 is 11.6 Å². The van der Waals surface area contributed by atoms with E-state index in [9.17, 15) is 9.59 Å². The summed E-state index contributed by atoms with van der Waals surface area (Å²) in [6.45, 7) is 19.9. The van der Waals surface area contributed by atoms with Gasteiger partial charge in [0.2, 0.25) is 0 Å². The topological polar surface area (TPSA) is 34.1 Å². The van der Waals surface area contributed by atoms with Crippen LogP contribution in [0, 0.1) is 45.3 Å². The number of ketones is 2. The van der Waals surface area contributed by atoms with Gasteiger partial charge in [0.05, 0.1) is 0 Å². The van der Waals surface area contributed by atoms with E-state index in [4.69, 9.17) is 0 Å². The monoisotopic (exact) mass is 436 g/mol. The SMILES string of the molecule is C=C(C)/C=C/C[C@@H](C)[C@H]1CC[C@@]2(C)[C@@H]3C(=O)C=C4[C@@H](CCC(=O)C4(C)C)[C@]3(C)CC[C@]12C. The van der Waals surface area contributed by atoms with Crippen LogP contribution in [0.3, 0.4) is 0 Å². The number of rotatable bonds is 4. The highest BCUT2D eigenvalue weighted by Gasteiger charge is 2.69. The van der Waals surface area contributed by atoms with Crippen LogP contribution in [0.4, 0.5) is 0 Å². The first kappa shape index (κ1) is 23.7. The molecule has 0 N–H and O–H groups in total. The Bertz CT molecular complexity index is 904. The standard InChI is InChI=1S/C30H44O2/c1-19(2)10-9-11-20(3)21-14-15-30(8)26-24(31)18-23-22(12-13-25(32)27(23,4)5)28(26,6)16-17-29(21,30)7/h9-10,18,20-22,26H,1,11-17H2,2-8H3/b10-9+/t20-,21-,22-,26-,28+,29-,30+/m1/s1. The minimum Gasteiger partial charge on any atom is -0.299 e. The van der Waals surface area contributed by atoms with Crippen molar-refractivity contribution in [3.63, 3.8) is 0 Å². The van der Waals surface area contributed by atoms with Gasteiger partial charge in [0.1, 0.15) is 5.78 Å². The average molecular weight is 437 g/mol. The Labute approximate surface area is 196 Å². The maximum Gasteiger partial charge on any atom is 0.159 e. The predicted molar refractivity (Wildman–Crippen MR) is 132 cm³/mol. The Kier molecular flexibility index (Phi) is 5.58. The van der Waals surface area contributed by atoms with Crippen LogP contribution in [0.25, 0.3) is 0 Å². The number of Topliss-reactive ketones (excluding diaryl/α,β-unsaturated/α-hetero) is 1. The zero-order valence-corrected chi connectivity index (χ0v) is 21.5. The molecule has 4 aliphatic carbocycles. The number of carbonyl (C=O) groups is 2. The van der Waals surface area contributed by atoms with Crippen LogP contribution < -0.4 is 0 Å². The first-order valence-corrected chi connectivity index (χ1v) is 12.9. The van der Waals surface area contributed by atoms with E-state index in [1.165, 1.54) is 12.8 Å². The Morgan fingerprint density at radius 1 is 1.09 bits per heavy atom. The lowest BCUT2D eigenvalue weighted by Gasteiger charge is -2.64. The van der Waals surface area contributed by atoms with Crippen molar-refractivity contribution in [3.8, 4) is 0 Å². The first-order valence-electron chi connectivity index (χ1n) is 12.9. The summed E-state index contributed by atoms with van der Waals surface area (Å²) in [6.07, 6.45) is 13.7. The van der Waals surface area contributed by atoms with Gasteiger partial charge >= 0.3 is 0 Å². The van der Waals surface area contributed by atoms with E-state index < -0.39 is 5.41 Å². The molecule has 176 valence electrons. The van der Waals surface area contributed by atoms with Gasteiger partial charge in [-0.3, -0.25) is 9.59 Å². The Morgan fingerprint density at radius 2 is 1.78 bits per heavy atom. The molecule has 0 spiro atoms. The average Bonchev–Trinajstić information content (AvgIpc) is 2.96. The van der Waals surface area contributed by atoms with Crippen molar-refractivity contribution in [1.29, 1.82) is 0 Å². The van der Waals surface area contributed by atoms with E-state index in [0.29, 0.717) is 35.7 Å². The van der Waals surface area contributed by atoms with Crippen molar-refractivity contribution in [2.75, 3.05) is 0 Å². The molecule has 32 heavy (non-hydrogen) atoms. The molecule has 0 radical (unpaired) electrons. The minimum atomic E-state index is -0.490. The molecule has 2 nitrogen and oxygen atoms in total. The van der Waals surface area contributed by atoms with E-state index in [2.05, 4.69) is 46.4 Å². The molecule has 0 heterocycles. The number of carbonyl (C=O) groups excluding carboxylic acids is 2. The molecule has 0 saturated heterocycles. The summed E-state index contributed by atoms with van der Waals surface area (Å²) in [6, 6.07) is 0. The van der Waals surface area contributed by atoms with E-state index in [-0.39, 0.29) is 22.2 Å². The molecule has 2 heteroatoms. The van der Waals surface area contributed by atoms with Crippen LogP contribution >= 0.6 is 0 Å². The fraction of sp³-hybridized carbons (Fsp3) is 0.733. The molecule has 4 aliphatic rings. The van der Waals surface area contributed by atoms with Crippen LogP contribution in [0.5, 0.6) is 0 Å². The molecule has 0 aromatic rings. The quantitative estimate of drug-likeness (QED) is 0.428. The van der Waals surface area contributed by atoms with Crippen molar-refractivity contribution in [3.05, 3.63) is 36.0 Å². The van der Waals surface area contributed by atoms with Crippen molar-refractivity contribution in [2.24, 2.45) is 45.3 Å². The second-order valence-corrected chi connectivity index (χ2v) is 13.0. The fourth-order valence-electron chi connectivity index (χ4n) is 8.95. The smallest absolute Gasteiger partial charge is 0.159 e. The highest BCUT2D eigenvalue weighted by molar-refractivity contribution is 5.98. The Morgan fingerprint density at radius 3 is 2.44 bits per heavy atom. The number of hydrogen-bond donors (Lipinski definition) is 0. The third-order valence-electron chi connectivity index (χ3n) is 11.0. The Balaban J connectivity index is 1.70. The molecule has 4 rings (SSSR count). The number of allylic oxidation sites excluding steroid dienone is 5. The molecule has 0 unspecified atom stereocenters. The third-order valence-corrected chi connectivity index (χ3v) is 11.0. The first-order chi connectivity index (χ1) is 14.8. The second kappa shape index (κ2) is 7.54. The van der Waals surface area contributed by atoms with Crippen LogP contribution in [0.1, 0.15) is 93.4 Å². The molecule has 0 aliphatic heterocycles. The van der Waals surface area contributed by atoms with E-state index in [1.807, 2.05) is 26.8 Å². The lowest BCUT2D eigenvalue weighted by Crippen LogP contribution is -2.61. The molecule has 3 fully saturated rings. The van der Waals surface area contributed by atoms with Crippen LogP contribution in [0.15, 0.2) is 36.0 Å². The number of hydrogen-bond acceptors (Lipinski definition) is 2. The third kappa shape index (κ3) is 3.11. The maximum atomic E-state index is 13.9. The second-order valence-electron chi connectivity index (χ2n) is 13.0. The summed E-state index contributed by atoms with van der Waals surface area (Å²) in [5, 5.41) is 0. The molecule has 3 saturated carbocycles. The molecule has 7 atom stereocenters. The predicted octanol–water partition coefficient (Wildman–Crippen LogP) is 7.50. The van der Waals surface area contributed by atoms with E-state index in [1.54, 1.807) is 0 Å². The molecule has 0 aromatic heterocycles. The minimum absolute atomic E-state index is 0.0224. The zero-order chi connectivity index (χ0) is 23.7. The van der Waals surface area contributed by atoms with Crippen molar-refractivity contribution < 1.29 is 9.59 Å². The van der Waals surface area contributed by atoms with Gasteiger partial charge in [0.25, 0.3) is 0 Å². The highest BCUT2D eigenvalue weighted by Crippen LogP contribution is 2.74. The van der Waals surface area contributed by atoms with Gasteiger partial charge in [-0.1, -0.05) is 52.0 Å². The normalized spacial score (nSPS) is 44.0. The molecular weight excluding hydrogens is 392 g/mol. The zero-order valence-electron chi connectivity index (χ0n) is 21.5. The molecular formula is C30H44O2. The van der Waals surface area contributed by atoms with Gasteiger partial charge in [-0.05, 0) is 105 Å². The molecule has 0 amide bonds. The lowest BCUT2D eigenvalue weighted by molar-refractivity contribution is -0.162. The van der Waals surface area contributed by atoms with Gasteiger partial charge in [-0.15, -0.1) is 0 Å². The van der Waals surface area contributed by atoms with Gasteiger partial charge in [-0.2, -0.15) is 0 Å². The summed E-state index contributed by atoms with van der Waals surface area (Å²) in [5.41, 5.74) is 1.95. The van der Waals surface area contributed by atoms with E-state index in [0.717, 1.165) is 36.8 Å². The number of fused-ring (bicyclic) bond motifs is 5. The Hall–Kier alpha value is -1.44. The van der Waals surface area contributed by atoms with Crippen LogP contribution in [-0.2, 0) is 9.59 Å². The van der Waals surface area contributed by atoms with Crippen molar-refractivity contribution in [1.82, 2.24) is 0 Å². The maximum absolute atomic E-state index is 13.9. The summed E-state index contributed by atoms with van der Waals surface area (Å²) in [4.78, 5) is 26.6. The van der Waals surface area contributed by atoms with Crippen LogP contribution in [0.2, 0.25) is 0 Å². The molecule has 0 bridgehead atoms. The largest absolute Gasteiger partial charge is 0.299 e. The van der Waals surface area contributed by atoms with Crippen LogP contribution in [-0.4, -0.2) is 11.6 Å². The summed E-state index contributed by atoms with van der Waals surface area (Å²) < 4.78 is 0. The lowest BCUT2D eigenvalue weighted by atomic mass is 9.39. The van der Waals surface area contributed by atoms with Crippen molar-refractivity contribution in [2.45, 2.75) is 93.4 Å². The molecule has 0 aromatic carbocycles. The fourth-order valence-corrected chi connectivity index (χ4v) is 8.95. The van der Waals surface area contributed by atoms with E-state index >= 15 is 0 Å². The highest BCUT2D eigenvalue weighted by atomic mass is 16.1. The van der Waals surface area contributed by atoms with Gasteiger partial charge in [0.15, 0.2) is 5.78 Å². The summed E-state index contributed by atoms with van der Waals surface area (Å²) in [5.74, 6) is 2.32. The summed E-state index contributed by atoms with van der Waals surface area (Å²) >= 11 is 0.